The van der Waals surface area contributed by atoms with Crippen LogP contribution in [0.15, 0.2) is 211 Å². The minimum absolute atomic E-state index is 0.905. The van der Waals surface area contributed by atoms with Gasteiger partial charge in [0.25, 0.3) is 0 Å². The molecule has 0 atom stereocenters. The fourth-order valence-corrected chi connectivity index (χ4v) is 8.39. The number of furan rings is 1. The molecule has 0 amide bonds. The van der Waals surface area contributed by atoms with Gasteiger partial charge < -0.3 is 8.98 Å². The van der Waals surface area contributed by atoms with Crippen molar-refractivity contribution in [1.29, 1.82) is 0 Å². The van der Waals surface area contributed by atoms with Crippen molar-refractivity contribution < 1.29 is 4.42 Å². The number of para-hydroxylation sites is 3. The van der Waals surface area contributed by atoms with Crippen LogP contribution in [0.2, 0.25) is 0 Å². The second kappa shape index (κ2) is 13.1. The fourth-order valence-electron chi connectivity index (χ4n) is 8.39. The Labute approximate surface area is 324 Å². The third-order valence-electron chi connectivity index (χ3n) is 11.0. The van der Waals surface area contributed by atoms with Gasteiger partial charge in [0.15, 0.2) is 0 Å². The van der Waals surface area contributed by atoms with Crippen molar-refractivity contribution in [2.75, 3.05) is 0 Å². The van der Waals surface area contributed by atoms with Crippen LogP contribution >= 0.6 is 0 Å². The summed E-state index contributed by atoms with van der Waals surface area (Å²) in [5.74, 6) is 0. The van der Waals surface area contributed by atoms with Crippen LogP contribution in [0.5, 0.6) is 0 Å². The van der Waals surface area contributed by atoms with Crippen LogP contribution in [0, 0.1) is 0 Å². The summed E-state index contributed by atoms with van der Waals surface area (Å²) in [5, 5.41) is 4.68. The maximum atomic E-state index is 6.45. The maximum Gasteiger partial charge on any atom is 0.143 e. The van der Waals surface area contributed by atoms with Gasteiger partial charge in [0.1, 0.15) is 11.2 Å². The highest BCUT2D eigenvalue weighted by molar-refractivity contribution is 6.12. The van der Waals surface area contributed by atoms with Crippen LogP contribution in [0.25, 0.3) is 105 Å². The summed E-state index contributed by atoms with van der Waals surface area (Å²) in [4.78, 5) is 5.30. The average molecular weight is 715 g/mol. The van der Waals surface area contributed by atoms with Crippen molar-refractivity contribution in [3.8, 4) is 61.6 Å². The van der Waals surface area contributed by atoms with E-state index in [-0.39, 0.29) is 0 Å². The molecule has 0 aliphatic rings. The molecule has 0 spiro atoms. The highest BCUT2D eigenvalue weighted by Gasteiger charge is 2.18. The van der Waals surface area contributed by atoms with Crippen LogP contribution in [-0.4, -0.2) is 9.55 Å². The highest BCUT2D eigenvalue weighted by Crippen LogP contribution is 2.41. The molecule has 11 aromatic rings. The number of hydrogen-bond donors (Lipinski definition) is 0. The summed E-state index contributed by atoms with van der Waals surface area (Å²) in [6, 6.07) is 73.2. The molecule has 0 bridgehead atoms. The Balaban J connectivity index is 1.06. The molecule has 262 valence electrons. The van der Waals surface area contributed by atoms with Crippen LogP contribution in [0.1, 0.15) is 0 Å². The third kappa shape index (κ3) is 5.32. The largest absolute Gasteiger partial charge is 0.455 e. The van der Waals surface area contributed by atoms with E-state index in [1.54, 1.807) is 0 Å². The lowest BCUT2D eigenvalue weighted by atomic mass is 9.94. The number of pyridine rings is 1. The van der Waals surface area contributed by atoms with Crippen molar-refractivity contribution in [2.45, 2.75) is 0 Å². The standard InChI is InChI=1S/C53H34N2O/c1-3-15-35(16-4-1)39-33-48(36-17-5-2-6-18-36)54-49(34-39)43-22-8-7-21-41(43)38-29-30-51-47(32-38)44-23-9-11-27-50(44)55(51)40-20-13-19-37(31-40)42-25-14-26-46-45-24-10-12-28-52(45)56-53(42)46/h1-34H. The summed E-state index contributed by atoms with van der Waals surface area (Å²) >= 11 is 0. The fraction of sp³-hybridized carbons (Fsp3) is 0. The molecule has 0 aliphatic heterocycles. The lowest BCUT2D eigenvalue weighted by Crippen LogP contribution is -1.95. The number of benzene rings is 8. The van der Waals surface area contributed by atoms with Crippen molar-refractivity contribution in [1.82, 2.24) is 9.55 Å². The van der Waals surface area contributed by atoms with E-state index in [0.717, 1.165) is 89.0 Å². The first kappa shape index (κ1) is 32.0. The molecular weight excluding hydrogens is 681 g/mol. The van der Waals surface area contributed by atoms with Gasteiger partial charge in [-0.15, -0.1) is 0 Å². The lowest BCUT2D eigenvalue weighted by Gasteiger charge is -2.14. The van der Waals surface area contributed by atoms with Crippen LogP contribution in [0.4, 0.5) is 0 Å². The smallest absolute Gasteiger partial charge is 0.143 e. The molecule has 0 N–H and O–H groups in total. The highest BCUT2D eigenvalue weighted by atomic mass is 16.3. The van der Waals surface area contributed by atoms with Crippen molar-refractivity contribution >= 4 is 43.7 Å². The molecule has 3 heteroatoms. The minimum atomic E-state index is 0.905. The van der Waals surface area contributed by atoms with Crippen molar-refractivity contribution in [2.24, 2.45) is 0 Å². The van der Waals surface area contributed by atoms with Gasteiger partial charge >= 0.3 is 0 Å². The lowest BCUT2D eigenvalue weighted by molar-refractivity contribution is 0.670. The molecule has 11 rings (SSSR count). The molecule has 0 aliphatic carbocycles. The van der Waals surface area contributed by atoms with Gasteiger partial charge in [-0.25, -0.2) is 4.98 Å². The molecule has 56 heavy (non-hydrogen) atoms. The Morgan fingerprint density at radius 2 is 0.946 bits per heavy atom. The van der Waals surface area contributed by atoms with Crippen LogP contribution in [0.3, 0.4) is 0 Å². The van der Waals surface area contributed by atoms with Gasteiger partial charge in [-0.2, -0.15) is 0 Å². The van der Waals surface area contributed by atoms with Gasteiger partial charge in [-0.05, 0) is 76.3 Å². The normalized spacial score (nSPS) is 11.6. The summed E-state index contributed by atoms with van der Waals surface area (Å²) in [5.41, 5.74) is 16.1. The first-order valence-corrected chi connectivity index (χ1v) is 19.0. The zero-order chi connectivity index (χ0) is 37.0. The summed E-state index contributed by atoms with van der Waals surface area (Å²) in [7, 11) is 0. The second-order valence-corrected chi connectivity index (χ2v) is 14.3. The average Bonchev–Trinajstić information content (AvgIpc) is 3.83. The number of fused-ring (bicyclic) bond motifs is 6. The van der Waals surface area contributed by atoms with E-state index in [4.69, 9.17) is 9.40 Å². The first-order valence-electron chi connectivity index (χ1n) is 19.0. The number of aromatic nitrogens is 2. The molecule has 8 aromatic carbocycles. The SMILES string of the molecule is c1ccc(-c2cc(-c3ccccc3)nc(-c3ccccc3-c3ccc4c(c3)c3ccccc3n4-c3cccc(-c4cccc5c4oc4ccccc45)c3)c2)cc1. The van der Waals surface area contributed by atoms with E-state index < -0.39 is 0 Å². The molecule has 3 nitrogen and oxygen atoms in total. The molecule has 0 radical (unpaired) electrons. The quantitative estimate of drug-likeness (QED) is 0.172. The van der Waals surface area contributed by atoms with E-state index >= 15 is 0 Å². The molecule has 0 fully saturated rings. The Morgan fingerprint density at radius 3 is 1.80 bits per heavy atom. The minimum Gasteiger partial charge on any atom is -0.455 e. The predicted molar refractivity (Wildman–Crippen MR) is 233 cm³/mol. The number of hydrogen-bond acceptors (Lipinski definition) is 2. The third-order valence-corrected chi connectivity index (χ3v) is 11.0. The number of nitrogens with zero attached hydrogens (tertiary/aromatic N) is 2. The molecule has 0 saturated heterocycles. The van der Waals surface area contributed by atoms with Crippen molar-refractivity contribution in [3.05, 3.63) is 206 Å². The van der Waals surface area contributed by atoms with E-state index in [0.29, 0.717) is 0 Å². The van der Waals surface area contributed by atoms with Gasteiger partial charge in [-0.3, -0.25) is 0 Å². The van der Waals surface area contributed by atoms with E-state index in [1.807, 2.05) is 18.2 Å². The van der Waals surface area contributed by atoms with Crippen LogP contribution in [-0.2, 0) is 0 Å². The molecule has 3 aromatic heterocycles. The van der Waals surface area contributed by atoms with E-state index in [1.165, 1.54) is 16.3 Å². The first-order chi connectivity index (χ1) is 27.8. The topological polar surface area (TPSA) is 31.0 Å². The monoisotopic (exact) mass is 714 g/mol. The zero-order valence-corrected chi connectivity index (χ0v) is 30.4. The second-order valence-electron chi connectivity index (χ2n) is 14.3. The van der Waals surface area contributed by atoms with Gasteiger partial charge in [0.2, 0.25) is 0 Å². The van der Waals surface area contributed by atoms with Gasteiger partial charge in [-0.1, -0.05) is 158 Å². The summed E-state index contributed by atoms with van der Waals surface area (Å²) in [6.45, 7) is 0. The van der Waals surface area contributed by atoms with E-state index in [9.17, 15) is 0 Å². The summed E-state index contributed by atoms with van der Waals surface area (Å²) in [6.07, 6.45) is 0. The molecule has 3 heterocycles. The predicted octanol–water partition coefficient (Wildman–Crippen LogP) is 14.4. The Hall–Kier alpha value is -7.49. The molecule has 0 saturated carbocycles. The Morgan fingerprint density at radius 1 is 0.339 bits per heavy atom. The Bertz CT molecular complexity index is 3190. The van der Waals surface area contributed by atoms with E-state index in [2.05, 4.69) is 193 Å². The summed E-state index contributed by atoms with van der Waals surface area (Å²) < 4.78 is 8.84. The van der Waals surface area contributed by atoms with Gasteiger partial charge in [0, 0.05) is 43.9 Å². The Kier molecular flexibility index (Phi) is 7.49. The zero-order valence-electron chi connectivity index (χ0n) is 30.4. The van der Waals surface area contributed by atoms with Crippen LogP contribution < -0.4 is 0 Å². The maximum absolute atomic E-state index is 6.45. The van der Waals surface area contributed by atoms with Crippen molar-refractivity contribution in [3.63, 3.8) is 0 Å². The number of rotatable bonds is 6. The van der Waals surface area contributed by atoms with Gasteiger partial charge in [0.05, 0.1) is 22.4 Å². The molecular formula is C53H34N2O. The molecule has 0 unspecified atom stereocenters.